The number of aryl methyl sites for hydroxylation is 1. The second kappa shape index (κ2) is 4.06. The van der Waals surface area contributed by atoms with Gasteiger partial charge in [0.05, 0.1) is 42.2 Å². The number of methoxy groups -OCH3 is 1. The maximum Gasteiger partial charge on any atom is 0.163 e. The third-order valence-corrected chi connectivity index (χ3v) is 2.76. The molecule has 3 rings (SSSR count). The van der Waals surface area contributed by atoms with Crippen LogP contribution in [0.5, 0.6) is 5.75 Å². The molecule has 6 nitrogen and oxygen atoms in total. The van der Waals surface area contributed by atoms with E-state index < -0.39 is 0 Å². The molecule has 0 aliphatic carbocycles. The van der Waals surface area contributed by atoms with Crippen molar-refractivity contribution in [1.82, 2.24) is 25.1 Å². The first-order chi connectivity index (χ1) is 8.79. The molecule has 90 valence electrons. The Morgan fingerprint density at radius 3 is 2.78 bits per heavy atom. The number of hydrogen-bond acceptors (Lipinski definition) is 5. The fourth-order valence-corrected chi connectivity index (χ4v) is 1.80. The zero-order chi connectivity index (χ0) is 12.5. The van der Waals surface area contributed by atoms with E-state index in [1.165, 1.54) is 0 Å². The van der Waals surface area contributed by atoms with Crippen LogP contribution in [-0.2, 0) is 0 Å². The molecular formula is C12H11N5O. The normalized spacial score (nSPS) is 10.8. The number of aromatic amines is 1. The molecule has 0 spiro atoms. The topological polar surface area (TPSA) is 76.6 Å². The quantitative estimate of drug-likeness (QED) is 0.739. The van der Waals surface area contributed by atoms with Crippen LogP contribution in [0.4, 0.5) is 0 Å². The molecule has 3 heterocycles. The lowest BCUT2D eigenvalue weighted by Gasteiger charge is -2.04. The van der Waals surface area contributed by atoms with Crippen LogP contribution in [-0.4, -0.2) is 32.3 Å². The number of ether oxygens (including phenoxy) is 1. The number of aromatic nitrogens is 5. The Balaban J connectivity index is 2.21. The maximum absolute atomic E-state index is 5.22. The van der Waals surface area contributed by atoms with E-state index in [0.29, 0.717) is 11.6 Å². The summed E-state index contributed by atoms with van der Waals surface area (Å²) in [7, 11) is 1.60. The number of fused-ring (bicyclic) bond motifs is 1. The van der Waals surface area contributed by atoms with Crippen LogP contribution >= 0.6 is 0 Å². The summed E-state index contributed by atoms with van der Waals surface area (Å²) in [5.41, 5.74) is 2.57. The lowest BCUT2D eigenvalue weighted by molar-refractivity contribution is 0.418. The Hall–Kier alpha value is -2.50. The van der Waals surface area contributed by atoms with Gasteiger partial charge < -0.3 is 4.74 Å². The van der Waals surface area contributed by atoms with Crippen molar-refractivity contribution in [2.45, 2.75) is 6.92 Å². The molecule has 0 aliphatic rings. The van der Waals surface area contributed by atoms with Gasteiger partial charge in [-0.25, -0.2) is 9.97 Å². The zero-order valence-corrected chi connectivity index (χ0v) is 10.0. The highest BCUT2D eigenvalue weighted by Gasteiger charge is 2.10. The first-order valence-electron chi connectivity index (χ1n) is 5.44. The molecule has 0 atom stereocenters. The summed E-state index contributed by atoms with van der Waals surface area (Å²) in [4.78, 5) is 12.9. The van der Waals surface area contributed by atoms with Crippen molar-refractivity contribution in [2.75, 3.05) is 7.11 Å². The average molecular weight is 241 g/mol. The van der Waals surface area contributed by atoms with Gasteiger partial charge >= 0.3 is 0 Å². The standard InChI is InChI=1S/C12H11N5O/c1-7-8(4-15-17-7)12-14-3-9-10(16-12)5-13-6-11(9)18-2/h3-6H,1-2H3,(H,15,17). The van der Waals surface area contributed by atoms with Crippen LogP contribution in [0.2, 0.25) is 0 Å². The summed E-state index contributed by atoms with van der Waals surface area (Å²) < 4.78 is 5.22. The van der Waals surface area contributed by atoms with Gasteiger partial charge in [0.2, 0.25) is 0 Å². The Bertz CT molecular complexity index is 707. The molecule has 0 saturated carbocycles. The number of H-pyrrole nitrogens is 1. The van der Waals surface area contributed by atoms with Gasteiger partial charge in [0, 0.05) is 11.9 Å². The van der Waals surface area contributed by atoms with E-state index in [4.69, 9.17) is 4.74 Å². The summed E-state index contributed by atoms with van der Waals surface area (Å²) in [5, 5.41) is 7.68. The van der Waals surface area contributed by atoms with E-state index in [-0.39, 0.29) is 0 Å². The van der Waals surface area contributed by atoms with E-state index in [2.05, 4.69) is 25.1 Å². The number of nitrogens with one attached hydrogen (secondary N) is 1. The van der Waals surface area contributed by atoms with E-state index >= 15 is 0 Å². The van der Waals surface area contributed by atoms with Crippen LogP contribution in [0.1, 0.15) is 5.69 Å². The molecule has 1 N–H and O–H groups in total. The van der Waals surface area contributed by atoms with Crippen molar-refractivity contribution < 1.29 is 4.74 Å². The van der Waals surface area contributed by atoms with Crippen LogP contribution < -0.4 is 4.74 Å². The molecule has 3 aromatic heterocycles. The molecule has 0 aromatic carbocycles. The van der Waals surface area contributed by atoms with Gasteiger partial charge in [0.25, 0.3) is 0 Å². The van der Waals surface area contributed by atoms with Crippen LogP contribution in [0.25, 0.3) is 22.3 Å². The van der Waals surface area contributed by atoms with Crippen molar-refractivity contribution in [3.63, 3.8) is 0 Å². The molecule has 6 heteroatoms. The predicted molar refractivity (Wildman–Crippen MR) is 66.2 cm³/mol. The first kappa shape index (κ1) is 10.6. The largest absolute Gasteiger partial charge is 0.494 e. The van der Waals surface area contributed by atoms with Crippen molar-refractivity contribution in [3.05, 3.63) is 30.5 Å². The van der Waals surface area contributed by atoms with Gasteiger partial charge in [-0.05, 0) is 6.92 Å². The Labute approximate surface area is 103 Å². The predicted octanol–water partition coefficient (Wildman–Crippen LogP) is 1.73. The molecule has 0 bridgehead atoms. The van der Waals surface area contributed by atoms with Gasteiger partial charge in [-0.1, -0.05) is 0 Å². The molecule has 0 fully saturated rings. The van der Waals surface area contributed by atoms with E-state index in [0.717, 1.165) is 22.2 Å². The zero-order valence-electron chi connectivity index (χ0n) is 10.0. The summed E-state index contributed by atoms with van der Waals surface area (Å²) in [6.45, 7) is 1.93. The van der Waals surface area contributed by atoms with Gasteiger partial charge in [0.15, 0.2) is 5.82 Å². The molecule has 0 aliphatic heterocycles. The highest BCUT2D eigenvalue weighted by molar-refractivity contribution is 5.84. The van der Waals surface area contributed by atoms with Crippen LogP contribution in [0, 0.1) is 6.92 Å². The first-order valence-corrected chi connectivity index (χ1v) is 5.44. The van der Waals surface area contributed by atoms with Crippen LogP contribution in [0.15, 0.2) is 24.8 Å². The number of pyridine rings is 1. The number of nitrogens with zero attached hydrogens (tertiary/aromatic N) is 4. The summed E-state index contributed by atoms with van der Waals surface area (Å²) in [5.74, 6) is 1.30. The lowest BCUT2D eigenvalue weighted by atomic mass is 10.2. The molecule has 0 radical (unpaired) electrons. The summed E-state index contributed by atoms with van der Waals surface area (Å²) >= 11 is 0. The van der Waals surface area contributed by atoms with Crippen molar-refractivity contribution >= 4 is 10.9 Å². The summed E-state index contributed by atoms with van der Waals surface area (Å²) in [6.07, 6.45) is 6.79. The Kier molecular flexibility index (Phi) is 2.40. The number of rotatable bonds is 2. The fourth-order valence-electron chi connectivity index (χ4n) is 1.80. The molecule has 18 heavy (non-hydrogen) atoms. The SMILES string of the molecule is COc1cncc2nc(-c3cn[nH]c3C)ncc12. The van der Waals surface area contributed by atoms with Crippen molar-refractivity contribution in [3.8, 4) is 17.1 Å². The highest BCUT2D eigenvalue weighted by atomic mass is 16.5. The maximum atomic E-state index is 5.22. The lowest BCUT2D eigenvalue weighted by Crippen LogP contribution is -1.93. The Morgan fingerprint density at radius 1 is 1.17 bits per heavy atom. The van der Waals surface area contributed by atoms with Gasteiger partial charge in [0.1, 0.15) is 5.75 Å². The van der Waals surface area contributed by atoms with E-state index in [1.807, 2.05) is 6.92 Å². The average Bonchev–Trinajstić information content (AvgIpc) is 2.83. The number of hydrogen-bond donors (Lipinski definition) is 1. The molecule has 3 aromatic rings. The third-order valence-electron chi connectivity index (χ3n) is 2.76. The minimum Gasteiger partial charge on any atom is -0.494 e. The molecule has 0 amide bonds. The van der Waals surface area contributed by atoms with E-state index in [1.54, 1.807) is 31.9 Å². The Morgan fingerprint density at radius 2 is 2.06 bits per heavy atom. The molecule has 0 saturated heterocycles. The molecular weight excluding hydrogens is 230 g/mol. The molecule has 0 unspecified atom stereocenters. The van der Waals surface area contributed by atoms with Crippen LogP contribution in [0.3, 0.4) is 0 Å². The van der Waals surface area contributed by atoms with Crippen molar-refractivity contribution in [2.24, 2.45) is 0 Å². The van der Waals surface area contributed by atoms with Gasteiger partial charge in [-0.2, -0.15) is 5.10 Å². The minimum absolute atomic E-state index is 0.629. The third kappa shape index (κ3) is 1.58. The summed E-state index contributed by atoms with van der Waals surface area (Å²) in [6, 6.07) is 0. The second-order valence-corrected chi connectivity index (χ2v) is 3.88. The fraction of sp³-hybridized carbons (Fsp3) is 0.167. The smallest absolute Gasteiger partial charge is 0.163 e. The highest BCUT2D eigenvalue weighted by Crippen LogP contribution is 2.24. The van der Waals surface area contributed by atoms with Gasteiger partial charge in [-0.3, -0.25) is 10.1 Å². The van der Waals surface area contributed by atoms with Crippen molar-refractivity contribution in [1.29, 1.82) is 0 Å². The second-order valence-electron chi connectivity index (χ2n) is 3.88. The monoisotopic (exact) mass is 241 g/mol. The van der Waals surface area contributed by atoms with E-state index in [9.17, 15) is 0 Å². The minimum atomic E-state index is 0.629. The van der Waals surface area contributed by atoms with Gasteiger partial charge in [-0.15, -0.1) is 0 Å².